The van der Waals surface area contributed by atoms with Crippen molar-refractivity contribution in [2.75, 3.05) is 0 Å². The van der Waals surface area contributed by atoms with Gasteiger partial charge in [-0.2, -0.15) is 5.10 Å². The predicted octanol–water partition coefficient (Wildman–Crippen LogP) is 2.88. The summed E-state index contributed by atoms with van der Waals surface area (Å²) in [7, 11) is 0. The monoisotopic (exact) mass is 186 g/mol. The predicted molar refractivity (Wildman–Crippen MR) is 58.1 cm³/mol. The van der Waals surface area contributed by atoms with E-state index in [-0.39, 0.29) is 0 Å². The Kier molecular flexibility index (Phi) is 2.35. The molecule has 0 aliphatic heterocycles. The molecular weight excluding hydrogens is 172 g/mol. The molecule has 0 atom stereocenters. The number of aryl methyl sites for hydroxylation is 2. The van der Waals surface area contributed by atoms with E-state index < -0.39 is 0 Å². The number of rotatable bonds is 2. The van der Waals surface area contributed by atoms with Crippen molar-refractivity contribution in [3.63, 3.8) is 0 Å². The Morgan fingerprint density at radius 1 is 1.29 bits per heavy atom. The Hall–Kier alpha value is -1.57. The number of nitrogens with zero attached hydrogens (tertiary/aromatic N) is 2. The van der Waals surface area contributed by atoms with Crippen molar-refractivity contribution >= 4 is 0 Å². The molecule has 1 aromatic carbocycles. The summed E-state index contributed by atoms with van der Waals surface area (Å²) < 4.78 is 1.94. The number of aromatic nitrogens is 2. The first-order valence-corrected chi connectivity index (χ1v) is 4.89. The minimum Gasteiger partial charge on any atom is -0.272 e. The van der Waals surface area contributed by atoms with Crippen LogP contribution in [-0.2, 0) is 6.54 Å². The van der Waals surface area contributed by atoms with Gasteiger partial charge >= 0.3 is 0 Å². The Labute approximate surface area is 84.2 Å². The third-order valence-corrected chi connectivity index (χ3v) is 2.31. The maximum atomic E-state index is 4.26. The quantitative estimate of drug-likeness (QED) is 0.705. The molecule has 2 nitrogen and oxygen atoms in total. The summed E-state index contributed by atoms with van der Waals surface area (Å²) in [6.07, 6.45) is 3.99. The van der Waals surface area contributed by atoms with Crippen LogP contribution < -0.4 is 0 Å². The highest BCUT2D eigenvalue weighted by Gasteiger charge is 2.00. The third-order valence-electron chi connectivity index (χ3n) is 2.31. The molecule has 0 radical (unpaired) electrons. The number of hydrogen-bond acceptors (Lipinski definition) is 1. The fraction of sp³-hybridized carbons (Fsp3) is 0.250. The average Bonchev–Trinajstić information content (AvgIpc) is 2.66. The van der Waals surface area contributed by atoms with Crippen LogP contribution in [0.15, 0.2) is 36.7 Å². The minimum atomic E-state index is 0.922. The SMILES string of the molecule is CCn1cc(-c2cccc(C)c2)cn1. The molecule has 1 aromatic heterocycles. The van der Waals surface area contributed by atoms with Gasteiger partial charge in [-0.1, -0.05) is 29.8 Å². The van der Waals surface area contributed by atoms with Crippen LogP contribution in [-0.4, -0.2) is 9.78 Å². The van der Waals surface area contributed by atoms with Crippen LogP contribution in [0.4, 0.5) is 0 Å². The van der Waals surface area contributed by atoms with Crippen molar-refractivity contribution in [2.45, 2.75) is 20.4 Å². The maximum absolute atomic E-state index is 4.26. The van der Waals surface area contributed by atoms with Crippen LogP contribution in [0.3, 0.4) is 0 Å². The van der Waals surface area contributed by atoms with Gasteiger partial charge in [0, 0.05) is 18.3 Å². The summed E-state index contributed by atoms with van der Waals surface area (Å²) >= 11 is 0. The minimum absolute atomic E-state index is 0.922. The fourth-order valence-electron chi connectivity index (χ4n) is 1.51. The van der Waals surface area contributed by atoms with Crippen LogP contribution >= 0.6 is 0 Å². The first-order chi connectivity index (χ1) is 6.79. The first-order valence-electron chi connectivity index (χ1n) is 4.89. The van der Waals surface area contributed by atoms with Gasteiger partial charge < -0.3 is 0 Å². The largest absolute Gasteiger partial charge is 0.272 e. The van der Waals surface area contributed by atoms with Gasteiger partial charge in [0.2, 0.25) is 0 Å². The Bertz CT molecular complexity index is 429. The summed E-state index contributed by atoms with van der Waals surface area (Å²) in [5.41, 5.74) is 3.71. The molecular formula is C12H14N2. The normalized spacial score (nSPS) is 10.4. The van der Waals surface area contributed by atoms with Crippen molar-refractivity contribution in [1.82, 2.24) is 9.78 Å². The molecule has 0 saturated heterocycles. The average molecular weight is 186 g/mol. The molecule has 0 bridgehead atoms. The molecule has 2 heteroatoms. The van der Waals surface area contributed by atoms with Gasteiger partial charge in [-0.15, -0.1) is 0 Å². The molecule has 0 fully saturated rings. The maximum Gasteiger partial charge on any atom is 0.0568 e. The first kappa shape index (κ1) is 9.00. The van der Waals surface area contributed by atoms with Crippen molar-refractivity contribution in [3.8, 4) is 11.1 Å². The van der Waals surface area contributed by atoms with Gasteiger partial charge in [-0.25, -0.2) is 0 Å². The Morgan fingerprint density at radius 3 is 2.79 bits per heavy atom. The van der Waals surface area contributed by atoms with E-state index >= 15 is 0 Å². The van der Waals surface area contributed by atoms with E-state index in [2.05, 4.69) is 49.4 Å². The van der Waals surface area contributed by atoms with E-state index in [1.807, 2.05) is 10.9 Å². The van der Waals surface area contributed by atoms with Crippen LogP contribution in [0.5, 0.6) is 0 Å². The molecule has 14 heavy (non-hydrogen) atoms. The molecule has 2 rings (SSSR count). The number of hydrogen-bond donors (Lipinski definition) is 0. The lowest BCUT2D eigenvalue weighted by molar-refractivity contribution is 0.660. The molecule has 2 aromatic rings. The molecule has 0 aliphatic rings. The van der Waals surface area contributed by atoms with E-state index in [1.54, 1.807) is 0 Å². The van der Waals surface area contributed by atoms with Crippen molar-refractivity contribution < 1.29 is 0 Å². The van der Waals surface area contributed by atoms with E-state index in [1.165, 1.54) is 16.7 Å². The zero-order chi connectivity index (χ0) is 9.97. The lowest BCUT2D eigenvalue weighted by atomic mass is 10.1. The third kappa shape index (κ3) is 1.69. The van der Waals surface area contributed by atoms with Gasteiger partial charge in [0.25, 0.3) is 0 Å². The second kappa shape index (κ2) is 3.66. The molecule has 0 spiro atoms. The fourth-order valence-corrected chi connectivity index (χ4v) is 1.51. The van der Waals surface area contributed by atoms with Crippen LogP contribution in [0.2, 0.25) is 0 Å². The summed E-state index contributed by atoms with van der Waals surface area (Å²) in [4.78, 5) is 0. The highest BCUT2D eigenvalue weighted by atomic mass is 15.3. The van der Waals surface area contributed by atoms with Crippen molar-refractivity contribution in [3.05, 3.63) is 42.2 Å². The van der Waals surface area contributed by atoms with Crippen molar-refractivity contribution in [2.24, 2.45) is 0 Å². The zero-order valence-electron chi connectivity index (χ0n) is 8.57. The van der Waals surface area contributed by atoms with E-state index in [9.17, 15) is 0 Å². The highest BCUT2D eigenvalue weighted by molar-refractivity contribution is 5.62. The van der Waals surface area contributed by atoms with Crippen LogP contribution in [0.1, 0.15) is 12.5 Å². The highest BCUT2D eigenvalue weighted by Crippen LogP contribution is 2.19. The van der Waals surface area contributed by atoms with Crippen molar-refractivity contribution in [1.29, 1.82) is 0 Å². The molecule has 0 saturated carbocycles. The lowest BCUT2D eigenvalue weighted by Crippen LogP contribution is -1.91. The van der Waals surface area contributed by atoms with Gasteiger partial charge in [0.05, 0.1) is 6.20 Å². The van der Waals surface area contributed by atoms with E-state index in [0.29, 0.717) is 0 Å². The molecule has 0 amide bonds. The second-order valence-corrected chi connectivity index (χ2v) is 3.45. The van der Waals surface area contributed by atoms with E-state index in [4.69, 9.17) is 0 Å². The van der Waals surface area contributed by atoms with Gasteiger partial charge in [0.1, 0.15) is 0 Å². The standard InChI is InChI=1S/C12H14N2/c1-3-14-9-12(8-13-14)11-6-4-5-10(2)7-11/h4-9H,3H2,1-2H3. The number of benzene rings is 1. The summed E-state index contributed by atoms with van der Waals surface area (Å²) in [5.74, 6) is 0. The topological polar surface area (TPSA) is 17.8 Å². The summed E-state index contributed by atoms with van der Waals surface area (Å²) in [6.45, 7) is 5.12. The molecule has 72 valence electrons. The van der Waals surface area contributed by atoms with Crippen LogP contribution in [0.25, 0.3) is 11.1 Å². The van der Waals surface area contributed by atoms with Gasteiger partial charge in [0.15, 0.2) is 0 Å². The van der Waals surface area contributed by atoms with Gasteiger partial charge in [-0.3, -0.25) is 4.68 Å². The van der Waals surface area contributed by atoms with Gasteiger partial charge in [-0.05, 0) is 19.4 Å². The molecule has 1 heterocycles. The lowest BCUT2D eigenvalue weighted by Gasteiger charge is -1.98. The molecule has 0 unspecified atom stereocenters. The molecule has 0 aliphatic carbocycles. The zero-order valence-corrected chi connectivity index (χ0v) is 8.57. The molecule has 0 N–H and O–H groups in total. The van der Waals surface area contributed by atoms with E-state index in [0.717, 1.165) is 6.54 Å². The summed E-state index contributed by atoms with van der Waals surface area (Å²) in [6, 6.07) is 8.47. The second-order valence-electron chi connectivity index (χ2n) is 3.45. The van der Waals surface area contributed by atoms with Crippen LogP contribution in [0, 0.1) is 6.92 Å². The Balaban J connectivity index is 2.39. The summed E-state index contributed by atoms with van der Waals surface area (Å²) in [5, 5.41) is 4.26. The Morgan fingerprint density at radius 2 is 2.14 bits per heavy atom. The smallest absolute Gasteiger partial charge is 0.0568 e.